The molecule has 4 rings (SSSR count). The van der Waals surface area contributed by atoms with Crippen molar-refractivity contribution in [3.63, 3.8) is 0 Å². The van der Waals surface area contributed by atoms with Gasteiger partial charge in [-0.05, 0) is 61.4 Å². The number of H-pyrrole nitrogens is 1. The molecule has 0 atom stereocenters. The van der Waals surface area contributed by atoms with Gasteiger partial charge in [0.25, 0.3) is 5.91 Å². The fraction of sp³-hybridized carbons (Fsp3) is 0.381. The molecule has 2 amide bonds. The van der Waals surface area contributed by atoms with Crippen molar-refractivity contribution in [2.45, 2.75) is 38.1 Å². The first-order valence-corrected chi connectivity index (χ1v) is 9.94. The summed E-state index contributed by atoms with van der Waals surface area (Å²) in [6.07, 6.45) is 9.22. The van der Waals surface area contributed by atoms with Crippen molar-refractivity contribution in [2.75, 3.05) is 6.54 Å². The monoisotopic (exact) mass is 392 g/mol. The first kappa shape index (κ1) is 19.0. The van der Waals surface area contributed by atoms with Crippen LogP contribution in [0.1, 0.15) is 41.7 Å². The highest BCUT2D eigenvalue weighted by Gasteiger charge is 2.23. The first-order valence-electron chi connectivity index (χ1n) is 9.94. The molecule has 8 heteroatoms. The van der Waals surface area contributed by atoms with Gasteiger partial charge in [-0.15, -0.1) is 0 Å². The molecule has 1 aliphatic rings. The molecule has 1 saturated carbocycles. The highest BCUT2D eigenvalue weighted by atomic mass is 16.2. The molecule has 3 aromatic rings. The summed E-state index contributed by atoms with van der Waals surface area (Å²) in [6, 6.07) is 7.56. The highest BCUT2D eigenvalue weighted by molar-refractivity contribution is 5.94. The summed E-state index contributed by atoms with van der Waals surface area (Å²) in [5, 5.41) is 13.6. The second-order valence-electron chi connectivity index (χ2n) is 7.53. The Balaban J connectivity index is 1.21. The lowest BCUT2D eigenvalue weighted by molar-refractivity contribution is -0.121. The number of fused-ring (bicyclic) bond motifs is 1. The lowest BCUT2D eigenvalue weighted by Crippen LogP contribution is -2.40. The Morgan fingerprint density at radius 3 is 2.79 bits per heavy atom. The van der Waals surface area contributed by atoms with Gasteiger partial charge in [-0.1, -0.05) is 0 Å². The summed E-state index contributed by atoms with van der Waals surface area (Å²) in [4.78, 5) is 33.1. The van der Waals surface area contributed by atoms with E-state index in [9.17, 15) is 9.59 Å². The normalized spacial score (nSPS) is 19.0. The van der Waals surface area contributed by atoms with Crippen LogP contribution in [0.4, 0.5) is 0 Å². The van der Waals surface area contributed by atoms with E-state index < -0.39 is 0 Å². The molecule has 3 aromatic heterocycles. The summed E-state index contributed by atoms with van der Waals surface area (Å²) in [5.41, 5.74) is 1.85. The van der Waals surface area contributed by atoms with E-state index in [2.05, 4.69) is 30.8 Å². The maximum Gasteiger partial charge on any atom is 0.269 e. The van der Waals surface area contributed by atoms with Crippen LogP contribution >= 0.6 is 0 Å². The van der Waals surface area contributed by atoms with Crippen molar-refractivity contribution in [3.8, 4) is 0 Å². The Kier molecular flexibility index (Phi) is 5.79. The molecule has 0 bridgehead atoms. The summed E-state index contributed by atoms with van der Waals surface area (Å²) >= 11 is 0. The number of carbonyl (C=O) groups is 2. The van der Waals surface area contributed by atoms with Crippen LogP contribution in [-0.2, 0) is 11.2 Å². The van der Waals surface area contributed by atoms with E-state index in [0.29, 0.717) is 30.2 Å². The van der Waals surface area contributed by atoms with Crippen LogP contribution in [0.25, 0.3) is 11.0 Å². The van der Waals surface area contributed by atoms with Crippen molar-refractivity contribution >= 4 is 22.8 Å². The van der Waals surface area contributed by atoms with E-state index in [1.165, 1.54) is 0 Å². The van der Waals surface area contributed by atoms with Gasteiger partial charge in [0.05, 0.1) is 12.6 Å². The number of amides is 2. The average Bonchev–Trinajstić information content (AvgIpc) is 3.25. The van der Waals surface area contributed by atoms with Gasteiger partial charge >= 0.3 is 0 Å². The van der Waals surface area contributed by atoms with E-state index in [0.717, 1.165) is 36.6 Å². The van der Waals surface area contributed by atoms with E-state index in [1.807, 2.05) is 18.2 Å². The highest BCUT2D eigenvalue weighted by Crippen LogP contribution is 2.24. The van der Waals surface area contributed by atoms with Crippen LogP contribution in [0.15, 0.2) is 42.9 Å². The van der Waals surface area contributed by atoms with Crippen molar-refractivity contribution < 1.29 is 9.59 Å². The number of hydrogen-bond acceptors (Lipinski definition) is 5. The molecule has 1 fully saturated rings. The Morgan fingerprint density at radius 1 is 1.14 bits per heavy atom. The predicted octanol–water partition coefficient (Wildman–Crippen LogP) is 2.00. The molecule has 3 heterocycles. The van der Waals surface area contributed by atoms with Crippen LogP contribution in [0.2, 0.25) is 0 Å². The second-order valence-corrected chi connectivity index (χ2v) is 7.53. The Hall–Kier alpha value is -3.29. The van der Waals surface area contributed by atoms with E-state index >= 15 is 0 Å². The maximum absolute atomic E-state index is 12.4. The van der Waals surface area contributed by atoms with Gasteiger partial charge < -0.3 is 10.6 Å². The number of carbonyl (C=O) groups excluding carboxylic acids is 2. The molecule has 150 valence electrons. The van der Waals surface area contributed by atoms with Gasteiger partial charge in [-0.25, -0.2) is 9.97 Å². The number of aromatic amines is 1. The van der Waals surface area contributed by atoms with Gasteiger partial charge in [0.2, 0.25) is 5.91 Å². The minimum Gasteiger partial charge on any atom is -0.353 e. The minimum atomic E-state index is -0.173. The fourth-order valence-electron chi connectivity index (χ4n) is 3.76. The van der Waals surface area contributed by atoms with Crippen LogP contribution in [-0.4, -0.2) is 44.6 Å². The van der Waals surface area contributed by atoms with Crippen molar-refractivity contribution in [2.24, 2.45) is 5.92 Å². The number of nitrogens with zero attached hydrogens (tertiary/aromatic N) is 3. The maximum atomic E-state index is 12.4. The van der Waals surface area contributed by atoms with E-state index in [4.69, 9.17) is 0 Å². The zero-order valence-electron chi connectivity index (χ0n) is 16.1. The van der Waals surface area contributed by atoms with Crippen molar-refractivity contribution in [1.29, 1.82) is 0 Å². The Morgan fingerprint density at radius 2 is 2.00 bits per heavy atom. The van der Waals surface area contributed by atoms with Crippen molar-refractivity contribution in [3.05, 3.63) is 54.1 Å². The second kappa shape index (κ2) is 8.81. The van der Waals surface area contributed by atoms with Gasteiger partial charge in [0, 0.05) is 30.4 Å². The molecule has 0 aromatic carbocycles. The van der Waals surface area contributed by atoms with Crippen LogP contribution < -0.4 is 10.6 Å². The smallest absolute Gasteiger partial charge is 0.269 e. The summed E-state index contributed by atoms with van der Waals surface area (Å²) in [6.45, 7) is 0.621. The number of nitrogens with one attached hydrogen (secondary N) is 3. The average molecular weight is 392 g/mol. The molecule has 8 nitrogen and oxygen atoms in total. The largest absolute Gasteiger partial charge is 0.353 e. The third-order valence-corrected chi connectivity index (χ3v) is 5.38. The lowest BCUT2D eigenvalue weighted by Gasteiger charge is -2.29. The third kappa shape index (κ3) is 4.96. The summed E-state index contributed by atoms with van der Waals surface area (Å²) < 4.78 is 0. The quantitative estimate of drug-likeness (QED) is 0.594. The number of rotatable bonds is 6. The minimum absolute atomic E-state index is 0.0270. The van der Waals surface area contributed by atoms with Gasteiger partial charge in [-0.3, -0.25) is 14.7 Å². The standard InChI is InChI=1S/C21H24N6O2/c28-19(10-15-12-24-25-13-15)26-17-6-3-14(4-7-17)11-23-21(29)18-8-5-16-2-1-9-22-20(16)27-18/h1-2,5,8-9,12-14,17H,3-4,6-7,10-11H2,(H,23,29)(H,24,25)(H,26,28). The molecule has 0 spiro atoms. The van der Waals surface area contributed by atoms with Crippen LogP contribution in [0, 0.1) is 5.92 Å². The van der Waals surface area contributed by atoms with E-state index in [1.54, 1.807) is 24.7 Å². The first-order chi connectivity index (χ1) is 14.2. The zero-order valence-corrected chi connectivity index (χ0v) is 16.1. The topological polar surface area (TPSA) is 113 Å². The van der Waals surface area contributed by atoms with Gasteiger partial charge in [0.1, 0.15) is 5.69 Å². The van der Waals surface area contributed by atoms with Crippen LogP contribution in [0.5, 0.6) is 0 Å². The molecule has 29 heavy (non-hydrogen) atoms. The van der Waals surface area contributed by atoms with Crippen LogP contribution in [0.3, 0.4) is 0 Å². The fourth-order valence-corrected chi connectivity index (χ4v) is 3.76. The third-order valence-electron chi connectivity index (χ3n) is 5.38. The molecule has 3 N–H and O–H groups in total. The molecular weight excluding hydrogens is 368 g/mol. The molecule has 1 aliphatic carbocycles. The zero-order chi connectivity index (χ0) is 20.1. The number of hydrogen-bond donors (Lipinski definition) is 3. The van der Waals surface area contributed by atoms with Crippen molar-refractivity contribution in [1.82, 2.24) is 30.8 Å². The van der Waals surface area contributed by atoms with E-state index in [-0.39, 0.29) is 17.9 Å². The summed E-state index contributed by atoms with van der Waals surface area (Å²) in [5.74, 6) is 0.270. The Labute approximate surface area is 168 Å². The lowest BCUT2D eigenvalue weighted by atomic mass is 9.86. The molecule has 0 saturated heterocycles. The molecule has 0 aliphatic heterocycles. The number of aromatic nitrogens is 4. The SMILES string of the molecule is O=C(Cc1cn[nH]c1)NC1CCC(CNC(=O)c2ccc3cccnc3n2)CC1. The Bertz CT molecular complexity index is 980. The molecular formula is C21H24N6O2. The number of pyridine rings is 2. The predicted molar refractivity (Wildman–Crippen MR) is 108 cm³/mol. The van der Waals surface area contributed by atoms with Gasteiger partial charge in [-0.2, -0.15) is 5.10 Å². The molecule has 0 radical (unpaired) electrons. The van der Waals surface area contributed by atoms with Gasteiger partial charge in [0.15, 0.2) is 5.65 Å². The summed E-state index contributed by atoms with van der Waals surface area (Å²) in [7, 11) is 0. The molecule has 0 unspecified atom stereocenters.